The Kier molecular flexibility index (Phi) is 2.42. The maximum absolute atomic E-state index is 12.4. The second kappa shape index (κ2) is 4.21. The second-order valence-corrected chi connectivity index (χ2v) is 8.74. The number of hydrogen-bond donors (Lipinski definition) is 1. The fourth-order valence-electron chi connectivity index (χ4n) is 8.07. The molecule has 1 N–H and O–H groups in total. The van der Waals surface area contributed by atoms with Crippen LogP contribution >= 0.6 is 0 Å². The highest BCUT2D eigenvalue weighted by molar-refractivity contribution is 5.90. The van der Waals surface area contributed by atoms with Gasteiger partial charge >= 0.3 is 17.9 Å². The Balaban J connectivity index is 1.43. The van der Waals surface area contributed by atoms with Crippen LogP contribution in [0.5, 0.6) is 0 Å². The predicted octanol–water partition coefficient (Wildman–Crippen LogP) is 0.722. The third-order valence-corrected chi connectivity index (χ3v) is 8.37. The first-order chi connectivity index (χ1) is 11.6. The number of esters is 3. The van der Waals surface area contributed by atoms with Gasteiger partial charge in [-0.15, -0.1) is 0 Å². The van der Waals surface area contributed by atoms with Crippen molar-refractivity contribution in [1.82, 2.24) is 0 Å². The largest absolute Gasteiger partial charge is 0.435 e. The lowest BCUT2D eigenvalue weighted by Crippen LogP contribution is -2.59. The Bertz CT molecular complexity index is 672. The van der Waals surface area contributed by atoms with Crippen LogP contribution in [0.2, 0.25) is 0 Å². The van der Waals surface area contributed by atoms with E-state index in [-0.39, 0.29) is 53.4 Å². The zero-order valence-corrected chi connectivity index (χ0v) is 13.2. The Morgan fingerprint density at radius 3 is 2.38 bits per heavy atom. The molecule has 11 unspecified atom stereocenters. The molecule has 7 rings (SSSR count). The third kappa shape index (κ3) is 1.38. The average Bonchev–Trinajstić information content (AvgIpc) is 3.19. The zero-order chi connectivity index (χ0) is 16.3. The monoisotopic (exact) mass is 332 g/mol. The summed E-state index contributed by atoms with van der Waals surface area (Å²) in [6, 6.07) is 0. The smallest absolute Gasteiger partial charge is 0.317 e. The minimum absolute atomic E-state index is 0.0761. The lowest BCUT2D eigenvalue weighted by atomic mass is 9.45. The third-order valence-electron chi connectivity index (χ3n) is 8.37. The first-order valence-electron chi connectivity index (χ1n) is 9.19. The normalized spacial score (nSPS) is 59.7. The Hall–Kier alpha value is -1.43. The molecule has 2 heterocycles. The van der Waals surface area contributed by atoms with Crippen molar-refractivity contribution >= 4 is 17.9 Å². The van der Waals surface area contributed by atoms with Crippen LogP contribution in [0.1, 0.15) is 25.7 Å². The Morgan fingerprint density at radius 2 is 1.54 bits per heavy atom. The molecule has 7 fully saturated rings. The van der Waals surface area contributed by atoms with Crippen molar-refractivity contribution in [2.24, 2.45) is 59.2 Å². The summed E-state index contributed by atoms with van der Waals surface area (Å²) in [6.45, 7) is 0. The molecule has 0 spiro atoms. The molecule has 0 radical (unpaired) electrons. The van der Waals surface area contributed by atoms with Crippen molar-refractivity contribution < 1.29 is 29.0 Å². The lowest BCUT2D eigenvalue weighted by molar-refractivity contribution is -0.195. The maximum Gasteiger partial charge on any atom is 0.317 e. The van der Waals surface area contributed by atoms with Crippen LogP contribution in [0.4, 0.5) is 0 Å². The van der Waals surface area contributed by atoms with E-state index >= 15 is 0 Å². The molecule has 0 amide bonds. The summed E-state index contributed by atoms with van der Waals surface area (Å²) in [4.78, 5) is 36.4. The molecule has 7 aliphatic rings. The molecular formula is C18H20O6. The number of rotatable bonds is 0. The average molecular weight is 332 g/mol. The molecular weight excluding hydrogens is 312 g/mol. The summed E-state index contributed by atoms with van der Waals surface area (Å²) in [5.74, 6) is 0.595. The predicted molar refractivity (Wildman–Crippen MR) is 76.6 cm³/mol. The quantitative estimate of drug-likeness (QED) is 0.519. The molecule has 6 nitrogen and oxygen atoms in total. The van der Waals surface area contributed by atoms with Gasteiger partial charge in [-0.3, -0.25) is 14.4 Å². The Morgan fingerprint density at radius 1 is 0.792 bits per heavy atom. The topological polar surface area (TPSA) is 89.9 Å². The van der Waals surface area contributed by atoms with E-state index in [0.717, 1.165) is 19.3 Å². The van der Waals surface area contributed by atoms with E-state index in [1.165, 1.54) is 0 Å². The van der Waals surface area contributed by atoms with Crippen molar-refractivity contribution in [3.05, 3.63) is 0 Å². The number of aliphatic hydroxyl groups excluding tert-OH is 1. The summed E-state index contributed by atoms with van der Waals surface area (Å²) in [6.07, 6.45) is 2.40. The molecule has 24 heavy (non-hydrogen) atoms. The van der Waals surface area contributed by atoms with Crippen molar-refractivity contribution in [2.45, 2.75) is 32.0 Å². The number of carbonyl (C=O) groups is 3. The Labute approximate surface area is 138 Å². The van der Waals surface area contributed by atoms with Crippen LogP contribution in [-0.2, 0) is 23.9 Å². The van der Waals surface area contributed by atoms with Crippen molar-refractivity contribution in [2.75, 3.05) is 0 Å². The first kappa shape index (κ1) is 13.8. The van der Waals surface area contributed by atoms with E-state index in [9.17, 15) is 19.5 Å². The maximum atomic E-state index is 12.4. The summed E-state index contributed by atoms with van der Waals surface area (Å²) in [5, 5.41) is 10.2. The van der Waals surface area contributed by atoms with E-state index < -0.39 is 6.29 Å². The first-order valence-corrected chi connectivity index (χ1v) is 9.19. The lowest BCUT2D eigenvalue weighted by Gasteiger charge is -2.59. The van der Waals surface area contributed by atoms with Crippen LogP contribution in [0.15, 0.2) is 0 Å². The van der Waals surface area contributed by atoms with Gasteiger partial charge in [-0.05, 0) is 60.7 Å². The van der Waals surface area contributed by atoms with Gasteiger partial charge in [0.2, 0.25) is 6.29 Å². The molecule has 5 saturated carbocycles. The highest BCUT2D eigenvalue weighted by atomic mass is 16.6. The van der Waals surface area contributed by atoms with Gasteiger partial charge in [-0.1, -0.05) is 0 Å². The number of aliphatic hydroxyl groups is 1. The van der Waals surface area contributed by atoms with E-state index in [1.807, 2.05) is 0 Å². The van der Waals surface area contributed by atoms with Crippen LogP contribution < -0.4 is 0 Å². The molecule has 5 aliphatic carbocycles. The molecule has 11 atom stereocenters. The summed E-state index contributed by atoms with van der Waals surface area (Å²) >= 11 is 0. The van der Waals surface area contributed by atoms with E-state index in [2.05, 4.69) is 0 Å². The second-order valence-electron chi connectivity index (χ2n) is 8.74. The molecule has 0 aromatic heterocycles. The molecule has 4 bridgehead atoms. The van der Waals surface area contributed by atoms with Crippen LogP contribution in [0, 0.1) is 59.2 Å². The van der Waals surface area contributed by atoms with Crippen LogP contribution in [0.25, 0.3) is 0 Å². The SMILES string of the molecule is O=C1CC2C3CCC(C2C(=O)O1)C1C2CC(C4C(O)OC(=O)C24)C31. The van der Waals surface area contributed by atoms with Gasteiger partial charge < -0.3 is 14.6 Å². The fourth-order valence-corrected chi connectivity index (χ4v) is 8.07. The van der Waals surface area contributed by atoms with Crippen molar-refractivity contribution in [3.8, 4) is 0 Å². The standard InChI is InChI=1S/C18H20O6/c19-10-4-7-5-1-2-6(13(7)16(20)23-10)12-9-3-8(11(5)12)14-15(9)18(22)24-17(14)21/h5-9,11-15,17,21H,1-4H2. The summed E-state index contributed by atoms with van der Waals surface area (Å²) < 4.78 is 10.1. The molecule has 2 saturated heterocycles. The van der Waals surface area contributed by atoms with Crippen molar-refractivity contribution in [1.29, 1.82) is 0 Å². The van der Waals surface area contributed by atoms with E-state index in [4.69, 9.17) is 9.47 Å². The van der Waals surface area contributed by atoms with Gasteiger partial charge in [-0.25, -0.2) is 0 Å². The number of carbonyl (C=O) groups excluding carboxylic acids is 3. The van der Waals surface area contributed by atoms with Crippen LogP contribution in [0.3, 0.4) is 0 Å². The number of ether oxygens (including phenoxy) is 2. The van der Waals surface area contributed by atoms with Gasteiger partial charge in [0, 0.05) is 12.3 Å². The summed E-state index contributed by atoms with van der Waals surface area (Å²) in [5.41, 5.74) is 0. The zero-order valence-electron chi connectivity index (χ0n) is 13.2. The number of fused-ring (bicyclic) bond motifs is 6. The van der Waals surface area contributed by atoms with E-state index in [0.29, 0.717) is 30.1 Å². The molecule has 0 aromatic rings. The number of hydrogen-bond acceptors (Lipinski definition) is 6. The fraction of sp³-hybridized carbons (Fsp3) is 0.833. The minimum Gasteiger partial charge on any atom is -0.435 e. The van der Waals surface area contributed by atoms with Gasteiger partial charge in [0.05, 0.1) is 11.8 Å². The number of cyclic esters (lactones) is 3. The molecule has 2 aliphatic heterocycles. The van der Waals surface area contributed by atoms with Gasteiger partial charge in [0.15, 0.2) is 0 Å². The summed E-state index contributed by atoms with van der Waals surface area (Å²) in [7, 11) is 0. The van der Waals surface area contributed by atoms with Gasteiger partial charge in [0.1, 0.15) is 0 Å². The van der Waals surface area contributed by atoms with Gasteiger partial charge in [0.25, 0.3) is 0 Å². The van der Waals surface area contributed by atoms with Crippen LogP contribution in [-0.4, -0.2) is 29.3 Å². The highest BCUT2D eigenvalue weighted by Crippen LogP contribution is 2.72. The molecule has 6 heteroatoms. The van der Waals surface area contributed by atoms with E-state index in [1.54, 1.807) is 0 Å². The van der Waals surface area contributed by atoms with Gasteiger partial charge in [-0.2, -0.15) is 0 Å². The minimum atomic E-state index is -0.965. The highest BCUT2D eigenvalue weighted by Gasteiger charge is 2.73. The van der Waals surface area contributed by atoms with Crippen molar-refractivity contribution in [3.63, 3.8) is 0 Å². The molecule has 0 aromatic carbocycles. The molecule has 128 valence electrons.